The molecule has 2 N–H and O–H groups in total. The fourth-order valence-electron chi connectivity index (χ4n) is 4.46. The molecule has 1 heterocycles. The molecule has 0 radical (unpaired) electrons. The molecule has 214 valence electrons. The third-order valence-electron chi connectivity index (χ3n) is 6.73. The van der Waals surface area contributed by atoms with Gasteiger partial charge in [-0.25, -0.2) is 4.79 Å². The van der Waals surface area contributed by atoms with Crippen molar-refractivity contribution >= 4 is 48.3 Å². The average molecular weight is 580 g/mol. The Kier molecular flexibility index (Phi) is 12.3. The van der Waals surface area contributed by atoms with Crippen LogP contribution in [-0.4, -0.2) is 59.7 Å². The van der Waals surface area contributed by atoms with E-state index in [1.807, 2.05) is 73.8 Å². The molecule has 0 aliphatic carbocycles. The number of nitrogens with one attached hydrogen (secondary N) is 1. The number of aliphatic carboxylic acids is 1. The molecular formula is C33H34LiNO6S. The van der Waals surface area contributed by atoms with Crippen molar-refractivity contribution in [3.8, 4) is 22.5 Å². The molecule has 9 heteroatoms. The van der Waals surface area contributed by atoms with Crippen LogP contribution in [0.1, 0.15) is 50.9 Å². The number of carbonyl (C=O) groups is 3. The number of carbonyl (C=O) groups excluding carboxylic acids is 2. The summed E-state index contributed by atoms with van der Waals surface area (Å²) in [6.07, 6.45) is 2.24. The summed E-state index contributed by atoms with van der Waals surface area (Å²) in [5.74, 6) is 0.512. The van der Waals surface area contributed by atoms with E-state index in [4.69, 9.17) is 9.15 Å². The number of ketones is 1. The van der Waals surface area contributed by atoms with Crippen molar-refractivity contribution in [3.63, 3.8) is 0 Å². The first-order valence-electron chi connectivity index (χ1n) is 13.3. The summed E-state index contributed by atoms with van der Waals surface area (Å²) in [6, 6.07) is 23.2. The number of thioether (sulfide) groups is 1. The van der Waals surface area contributed by atoms with Crippen LogP contribution in [0.3, 0.4) is 0 Å². The van der Waals surface area contributed by atoms with E-state index in [1.54, 1.807) is 18.2 Å². The van der Waals surface area contributed by atoms with E-state index in [2.05, 4.69) is 5.32 Å². The van der Waals surface area contributed by atoms with Crippen LogP contribution < -0.4 is 5.32 Å². The maximum atomic E-state index is 13.3. The van der Waals surface area contributed by atoms with Crippen molar-refractivity contribution in [3.05, 3.63) is 107 Å². The molecule has 1 aromatic heterocycles. The van der Waals surface area contributed by atoms with E-state index in [9.17, 15) is 19.5 Å². The van der Waals surface area contributed by atoms with Crippen molar-refractivity contribution in [1.82, 2.24) is 5.32 Å². The molecule has 1 amide bonds. The normalized spacial score (nSPS) is 11.4. The second-order valence-electron chi connectivity index (χ2n) is 9.73. The summed E-state index contributed by atoms with van der Waals surface area (Å²) in [6.45, 7) is 4.05. The fourth-order valence-corrected chi connectivity index (χ4v) is 4.93. The van der Waals surface area contributed by atoms with Gasteiger partial charge in [0.25, 0.3) is 5.91 Å². The third-order valence-corrected chi connectivity index (χ3v) is 7.37. The van der Waals surface area contributed by atoms with E-state index in [0.29, 0.717) is 40.4 Å². The number of aryl methyl sites for hydroxylation is 1. The van der Waals surface area contributed by atoms with E-state index >= 15 is 0 Å². The first kappa shape index (κ1) is 33.0. The van der Waals surface area contributed by atoms with Crippen molar-refractivity contribution < 1.29 is 28.6 Å². The minimum atomic E-state index is -1.05. The number of furan rings is 1. The molecule has 0 fully saturated rings. The molecule has 4 rings (SSSR count). The predicted molar refractivity (Wildman–Crippen MR) is 168 cm³/mol. The van der Waals surface area contributed by atoms with Crippen LogP contribution in [0.15, 0.2) is 83.3 Å². The van der Waals surface area contributed by atoms with Gasteiger partial charge < -0.3 is 19.6 Å². The van der Waals surface area contributed by atoms with Gasteiger partial charge in [0.05, 0.1) is 6.61 Å². The molecule has 0 bridgehead atoms. The summed E-state index contributed by atoms with van der Waals surface area (Å²) < 4.78 is 11.9. The Hall–Kier alpha value is -3.54. The number of hydrogen-bond acceptors (Lipinski definition) is 6. The number of carboxylic acids is 1. The number of carboxylic acid groups (broad SMARTS) is 1. The molecule has 4 aromatic rings. The quantitative estimate of drug-likeness (QED) is 0.145. The summed E-state index contributed by atoms with van der Waals surface area (Å²) >= 11 is 1.54. The van der Waals surface area contributed by atoms with E-state index in [-0.39, 0.29) is 37.9 Å². The van der Waals surface area contributed by atoms with Gasteiger partial charge in [-0.3, -0.25) is 9.59 Å². The van der Waals surface area contributed by atoms with Gasteiger partial charge in [0.2, 0.25) is 0 Å². The second kappa shape index (κ2) is 15.6. The molecule has 42 heavy (non-hydrogen) atoms. The number of benzene rings is 3. The van der Waals surface area contributed by atoms with E-state index in [0.717, 1.165) is 22.3 Å². The molecule has 0 aliphatic rings. The predicted octanol–water partition coefficient (Wildman–Crippen LogP) is 6.13. The van der Waals surface area contributed by atoms with Gasteiger partial charge in [0, 0.05) is 16.7 Å². The first-order valence-corrected chi connectivity index (χ1v) is 14.7. The molecule has 0 saturated heterocycles. The van der Waals surface area contributed by atoms with Crippen molar-refractivity contribution in [2.75, 3.05) is 12.0 Å². The fraction of sp³-hybridized carbons (Fsp3) is 0.242. The summed E-state index contributed by atoms with van der Waals surface area (Å²) in [5, 5.41) is 12.3. The molecule has 7 nitrogen and oxygen atoms in total. The van der Waals surface area contributed by atoms with Gasteiger partial charge in [-0.15, -0.1) is 0 Å². The number of hydrogen-bond donors (Lipinski definition) is 2. The molecular weight excluding hydrogens is 545 g/mol. The van der Waals surface area contributed by atoms with Crippen molar-refractivity contribution in [2.45, 2.75) is 39.5 Å². The Labute approximate surface area is 262 Å². The van der Waals surface area contributed by atoms with Crippen LogP contribution in [0.25, 0.3) is 22.5 Å². The first-order chi connectivity index (χ1) is 19.8. The van der Waals surface area contributed by atoms with Gasteiger partial charge in [0.1, 0.15) is 24.2 Å². The van der Waals surface area contributed by atoms with Gasteiger partial charge >= 0.3 is 24.8 Å². The molecule has 0 aliphatic heterocycles. The van der Waals surface area contributed by atoms with Gasteiger partial charge in [-0.05, 0) is 78.8 Å². The Morgan fingerprint density at radius 3 is 2.36 bits per heavy atom. The van der Waals surface area contributed by atoms with Crippen LogP contribution in [0.2, 0.25) is 0 Å². The minimum absolute atomic E-state index is 0. The van der Waals surface area contributed by atoms with E-state index in [1.165, 1.54) is 18.7 Å². The van der Waals surface area contributed by atoms with Crippen LogP contribution in [0.5, 0.6) is 0 Å². The standard InChI is InChI=1S/C33H33NO6S.Li.H/c1-21-6-4-5-7-27(21)29-18-23(8-14-28(29)32(36)34-30(33(37)38)16-17-41-3)19-39-20-26-13-15-31(40-26)25-11-9-24(10-12-25)22(2)35;;/h4-15,18,30H,16-17,19-20H2,1-3H3,(H,34,36)(H,37,38);;/t30-;;/m0../s1. The second-order valence-corrected chi connectivity index (χ2v) is 10.7. The summed E-state index contributed by atoms with van der Waals surface area (Å²) in [7, 11) is 0. The van der Waals surface area contributed by atoms with Crippen LogP contribution in [0.4, 0.5) is 0 Å². The zero-order valence-corrected chi connectivity index (χ0v) is 24.1. The van der Waals surface area contributed by atoms with Gasteiger partial charge in [-0.1, -0.05) is 54.6 Å². The van der Waals surface area contributed by atoms with E-state index < -0.39 is 17.9 Å². The van der Waals surface area contributed by atoms with Crippen molar-refractivity contribution in [2.24, 2.45) is 0 Å². The Morgan fingerprint density at radius 1 is 0.952 bits per heavy atom. The topological polar surface area (TPSA) is 106 Å². The summed E-state index contributed by atoms with van der Waals surface area (Å²) in [4.78, 5) is 36.5. The molecule has 0 saturated carbocycles. The zero-order chi connectivity index (χ0) is 29.4. The summed E-state index contributed by atoms with van der Waals surface area (Å²) in [5.41, 5.74) is 5.39. The Morgan fingerprint density at radius 2 is 1.69 bits per heavy atom. The number of rotatable bonds is 13. The zero-order valence-electron chi connectivity index (χ0n) is 23.3. The number of Topliss-reactive ketones (excluding diaryl/α,β-unsaturated/α-hetero) is 1. The molecule has 0 spiro atoms. The molecule has 3 aromatic carbocycles. The monoisotopic (exact) mass is 579 g/mol. The third kappa shape index (κ3) is 8.49. The van der Waals surface area contributed by atoms with Crippen LogP contribution in [0, 0.1) is 6.92 Å². The molecule has 1 atom stereocenters. The van der Waals surface area contributed by atoms with Crippen molar-refractivity contribution in [1.29, 1.82) is 0 Å². The average Bonchev–Trinajstić information content (AvgIpc) is 3.44. The van der Waals surface area contributed by atoms with Crippen LogP contribution >= 0.6 is 11.8 Å². The Balaban J connectivity index is 0.00000484. The molecule has 0 unspecified atom stereocenters. The van der Waals surface area contributed by atoms with Gasteiger partial charge in [0.15, 0.2) is 5.78 Å². The SMILES string of the molecule is CSCC[C@H](NC(=O)c1ccc(COCc2ccc(-c3ccc(C(C)=O)cc3)o2)cc1-c1ccccc1C)C(=O)O.[LiH]. The Bertz CT molecular complexity index is 1530. The van der Waals surface area contributed by atoms with Gasteiger partial charge in [-0.2, -0.15) is 11.8 Å². The number of ether oxygens (including phenoxy) is 1. The van der Waals surface area contributed by atoms with Crippen LogP contribution in [-0.2, 0) is 22.7 Å². The number of amides is 1. The maximum absolute atomic E-state index is 13.3.